The maximum absolute atomic E-state index is 12.2. The predicted octanol–water partition coefficient (Wildman–Crippen LogP) is 2.96. The number of benzene rings is 1. The van der Waals surface area contributed by atoms with Crippen molar-refractivity contribution in [1.29, 1.82) is 0 Å². The summed E-state index contributed by atoms with van der Waals surface area (Å²) < 4.78 is 10.6. The first-order valence-corrected chi connectivity index (χ1v) is 7.65. The predicted molar refractivity (Wildman–Crippen MR) is 82.9 cm³/mol. The van der Waals surface area contributed by atoms with Crippen LogP contribution in [0.5, 0.6) is 5.75 Å². The molecular weight excluding hydrogens is 290 g/mol. The van der Waals surface area contributed by atoms with Gasteiger partial charge in [-0.3, -0.25) is 4.79 Å². The first-order chi connectivity index (χ1) is 10.1. The van der Waals surface area contributed by atoms with Crippen molar-refractivity contribution in [2.45, 2.75) is 44.2 Å². The van der Waals surface area contributed by atoms with Gasteiger partial charge in [0.15, 0.2) is 0 Å². The Kier molecular flexibility index (Phi) is 5.88. The molecule has 1 aliphatic rings. The molecule has 4 nitrogen and oxygen atoms in total. The molecule has 0 radical (unpaired) electrons. The molecule has 0 unspecified atom stereocenters. The van der Waals surface area contributed by atoms with Crippen LogP contribution >= 0.6 is 11.6 Å². The van der Waals surface area contributed by atoms with Gasteiger partial charge < -0.3 is 14.8 Å². The number of nitrogens with one attached hydrogen (secondary N) is 1. The van der Waals surface area contributed by atoms with Crippen molar-refractivity contribution in [1.82, 2.24) is 5.32 Å². The molecule has 5 heteroatoms. The van der Waals surface area contributed by atoms with Crippen molar-refractivity contribution in [2.24, 2.45) is 0 Å². The minimum Gasteiger partial charge on any atom is -0.496 e. The molecule has 1 saturated carbocycles. The summed E-state index contributed by atoms with van der Waals surface area (Å²) in [5, 5.41) is 3.64. The summed E-state index contributed by atoms with van der Waals surface area (Å²) in [6.07, 6.45) is 4.50. The molecule has 1 amide bonds. The van der Waals surface area contributed by atoms with Crippen LogP contribution in [-0.4, -0.2) is 32.3 Å². The lowest BCUT2D eigenvalue weighted by Crippen LogP contribution is -2.39. The van der Waals surface area contributed by atoms with E-state index in [-0.39, 0.29) is 18.4 Å². The summed E-state index contributed by atoms with van der Waals surface area (Å²) in [5.41, 5.74) is 0.741. The van der Waals surface area contributed by atoms with Crippen molar-refractivity contribution in [3.8, 4) is 5.75 Å². The molecule has 0 aromatic heterocycles. The number of carbonyl (C=O) groups is 1. The molecule has 0 atom stereocenters. The summed E-state index contributed by atoms with van der Waals surface area (Å²) in [4.78, 5) is 12.2. The fourth-order valence-corrected chi connectivity index (χ4v) is 3.02. The highest BCUT2D eigenvalue weighted by molar-refractivity contribution is 6.31. The smallest absolute Gasteiger partial charge is 0.224 e. The lowest BCUT2D eigenvalue weighted by molar-refractivity contribution is -0.121. The summed E-state index contributed by atoms with van der Waals surface area (Å²) in [5.74, 6) is 0.642. The molecule has 1 aliphatic carbocycles. The van der Waals surface area contributed by atoms with Crippen LogP contribution in [0.25, 0.3) is 0 Å². The Labute approximate surface area is 130 Å². The Morgan fingerprint density at radius 1 is 1.29 bits per heavy atom. The largest absolute Gasteiger partial charge is 0.496 e. The lowest BCUT2D eigenvalue weighted by atomic mass is 9.93. The zero-order valence-corrected chi connectivity index (χ0v) is 13.3. The second kappa shape index (κ2) is 7.66. The van der Waals surface area contributed by atoms with Gasteiger partial charge in [-0.2, -0.15) is 0 Å². The van der Waals surface area contributed by atoms with E-state index in [9.17, 15) is 4.79 Å². The van der Waals surface area contributed by atoms with Crippen molar-refractivity contribution < 1.29 is 14.3 Å². The zero-order chi connectivity index (χ0) is 15.2. The molecule has 0 spiro atoms. The molecule has 2 rings (SSSR count). The molecule has 1 fully saturated rings. The van der Waals surface area contributed by atoms with Crippen molar-refractivity contribution in [2.75, 3.05) is 14.2 Å². The van der Waals surface area contributed by atoms with E-state index in [1.165, 1.54) is 0 Å². The number of hydrogen-bond donors (Lipinski definition) is 1. The summed E-state index contributed by atoms with van der Waals surface area (Å²) in [7, 11) is 3.33. The fraction of sp³-hybridized carbons (Fsp3) is 0.562. The van der Waals surface area contributed by atoms with Crippen molar-refractivity contribution >= 4 is 17.5 Å². The van der Waals surface area contributed by atoms with Gasteiger partial charge in [0, 0.05) is 23.7 Å². The molecule has 0 heterocycles. The van der Waals surface area contributed by atoms with Crippen LogP contribution in [0.1, 0.15) is 31.2 Å². The van der Waals surface area contributed by atoms with Gasteiger partial charge in [-0.1, -0.05) is 17.7 Å². The van der Waals surface area contributed by atoms with E-state index in [0.29, 0.717) is 16.9 Å². The molecule has 1 aromatic carbocycles. The molecular formula is C16H22ClNO3. The Morgan fingerprint density at radius 2 is 2.00 bits per heavy atom. The molecule has 21 heavy (non-hydrogen) atoms. The van der Waals surface area contributed by atoms with E-state index in [1.807, 2.05) is 12.1 Å². The maximum atomic E-state index is 12.2. The number of amides is 1. The highest BCUT2D eigenvalue weighted by atomic mass is 35.5. The first kappa shape index (κ1) is 16.1. The van der Waals surface area contributed by atoms with Crippen molar-refractivity contribution in [3.05, 3.63) is 28.8 Å². The van der Waals surface area contributed by atoms with E-state index in [0.717, 1.165) is 31.2 Å². The van der Waals surface area contributed by atoms with Gasteiger partial charge in [0.05, 0.1) is 19.6 Å². The van der Waals surface area contributed by atoms with Gasteiger partial charge >= 0.3 is 0 Å². The summed E-state index contributed by atoms with van der Waals surface area (Å²) >= 11 is 6.16. The molecule has 1 N–H and O–H groups in total. The summed E-state index contributed by atoms with van der Waals surface area (Å²) in [6.45, 7) is 0. The number of ether oxygens (including phenoxy) is 2. The number of carbonyl (C=O) groups excluding carboxylic acids is 1. The summed E-state index contributed by atoms with van der Waals surface area (Å²) in [6, 6.07) is 5.64. The maximum Gasteiger partial charge on any atom is 0.224 e. The average Bonchev–Trinajstić information content (AvgIpc) is 2.50. The quantitative estimate of drug-likeness (QED) is 0.909. The SMILES string of the molecule is COc1cccc(Cl)c1CC(=O)NC1CCC(OC)CC1. The second-order valence-corrected chi connectivity index (χ2v) is 5.78. The van der Waals surface area contributed by atoms with Gasteiger partial charge in [-0.25, -0.2) is 0 Å². The van der Waals surface area contributed by atoms with Crippen LogP contribution in [0.15, 0.2) is 18.2 Å². The number of methoxy groups -OCH3 is 2. The van der Waals surface area contributed by atoms with E-state index >= 15 is 0 Å². The topological polar surface area (TPSA) is 47.6 Å². The molecule has 1 aromatic rings. The minimum absolute atomic E-state index is 0.0118. The molecule has 116 valence electrons. The van der Waals surface area contributed by atoms with Gasteiger partial charge in [-0.05, 0) is 37.8 Å². The van der Waals surface area contributed by atoms with Crippen LogP contribution in [-0.2, 0) is 16.0 Å². The average molecular weight is 312 g/mol. The second-order valence-electron chi connectivity index (χ2n) is 5.37. The van der Waals surface area contributed by atoms with Gasteiger partial charge in [0.25, 0.3) is 0 Å². The Bertz CT molecular complexity index is 484. The van der Waals surface area contributed by atoms with Crippen LogP contribution in [0.4, 0.5) is 0 Å². The standard InChI is InChI=1S/C16H22ClNO3/c1-20-12-8-6-11(7-9-12)18-16(19)10-13-14(17)4-3-5-15(13)21-2/h3-5,11-12H,6-10H2,1-2H3,(H,18,19). The monoisotopic (exact) mass is 311 g/mol. The van der Waals surface area contributed by atoms with Gasteiger partial charge in [0.1, 0.15) is 5.75 Å². The molecule has 0 saturated heterocycles. The van der Waals surface area contributed by atoms with Crippen LogP contribution in [0, 0.1) is 0 Å². The van der Waals surface area contributed by atoms with Crippen LogP contribution < -0.4 is 10.1 Å². The number of hydrogen-bond acceptors (Lipinski definition) is 3. The first-order valence-electron chi connectivity index (χ1n) is 7.27. The number of halogens is 1. The molecule has 0 bridgehead atoms. The Balaban J connectivity index is 1.91. The van der Waals surface area contributed by atoms with E-state index < -0.39 is 0 Å². The minimum atomic E-state index is -0.0118. The highest BCUT2D eigenvalue weighted by Crippen LogP contribution is 2.27. The van der Waals surface area contributed by atoms with Gasteiger partial charge in [0.2, 0.25) is 5.91 Å². The van der Waals surface area contributed by atoms with Crippen LogP contribution in [0.3, 0.4) is 0 Å². The zero-order valence-electron chi connectivity index (χ0n) is 12.5. The van der Waals surface area contributed by atoms with Gasteiger partial charge in [-0.15, -0.1) is 0 Å². The fourth-order valence-electron chi connectivity index (χ4n) is 2.78. The van der Waals surface area contributed by atoms with E-state index in [2.05, 4.69) is 5.32 Å². The third-order valence-electron chi connectivity index (χ3n) is 4.01. The third kappa shape index (κ3) is 4.35. The van der Waals surface area contributed by atoms with Crippen LogP contribution in [0.2, 0.25) is 5.02 Å². The van der Waals surface area contributed by atoms with Crippen molar-refractivity contribution in [3.63, 3.8) is 0 Å². The molecule has 0 aliphatic heterocycles. The lowest BCUT2D eigenvalue weighted by Gasteiger charge is -2.28. The third-order valence-corrected chi connectivity index (χ3v) is 4.36. The normalized spacial score (nSPS) is 21.9. The number of rotatable bonds is 5. The highest BCUT2D eigenvalue weighted by Gasteiger charge is 2.22. The Morgan fingerprint density at radius 3 is 2.62 bits per heavy atom. The van der Waals surface area contributed by atoms with E-state index in [4.69, 9.17) is 21.1 Å². The van der Waals surface area contributed by atoms with E-state index in [1.54, 1.807) is 20.3 Å². The Hall–Kier alpha value is -1.26.